The van der Waals surface area contributed by atoms with Crippen LogP contribution < -0.4 is 4.74 Å². The molecule has 1 aromatic carbocycles. The Kier molecular flexibility index (Phi) is 6.12. The number of carbonyl (C=O) groups excluding carboxylic acids is 1. The molecule has 3 rings (SSSR count). The highest BCUT2D eigenvalue weighted by molar-refractivity contribution is 5.77. The van der Waals surface area contributed by atoms with Crippen molar-refractivity contribution >= 4 is 5.91 Å². The Morgan fingerprint density at radius 1 is 1.12 bits per heavy atom. The summed E-state index contributed by atoms with van der Waals surface area (Å²) in [4.78, 5) is 14.1. The van der Waals surface area contributed by atoms with Crippen LogP contribution >= 0.6 is 0 Å². The van der Waals surface area contributed by atoms with E-state index in [0.29, 0.717) is 32.7 Å². The number of aromatic nitrogens is 1. The van der Waals surface area contributed by atoms with Crippen molar-refractivity contribution in [3.8, 4) is 5.75 Å². The number of benzene rings is 1. The second-order valence-corrected chi connectivity index (χ2v) is 6.49. The number of amides is 1. The molecule has 0 aliphatic carbocycles. The average molecular weight is 342 g/mol. The lowest BCUT2D eigenvalue weighted by Gasteiger charge is -2.39. The van der Waals surface area contributed by atoms with E-state index in [9.17, 15) is 4.79 Å². The Balaban J connectivity index is 1.25. The van der Waals surface area contributed by atoms with E-state index in [-0.39, 0.29) is 18.1 Å². The summed E-state index contributed by atoms with van der Waals surface area (Å²) in [6.07, 6.45) is 5.55. The van der Waals surface area contributed by atoms with E-state index in [0.717, 1.165) is 12.2 Å². The van der Waals surface area contributed by atoms with E-state index in [1.165, 1.54) is 0 Å². The molecular weight excluding hydrogens is 316 g/mol. The Labute approximate surface area is 149 Å². The molecule has 5 heteroatoms. The third-order valence-electron chi connectivity index (χ3n) is 4.46. The first-order valence-electron chi connectivity index (χ1n) is 8.92. The summed E-state index contributed by atoms with van der Waals surface area (Å²) < 4.78 is 13.5. The zero-order valence-corrected chi connectivity index (χ0v) is 14.7. The van der Waals surface area contributed by atoms with Crippen molar-refractivity contribution in [2.45, 2.75) is 31.9 Å². The zero-order chi connectivity index (χ0) is 17.5. The van der Waals surface area contributed by atoms with Gasteiger partial charge in [-0.05, 0) is 31.2 Å². The summed E-state index contributed by atoms with van der Waals surface area (Å²) in [5.74, 6) is 1.09. The maximum Gasteiger partial charge on any atom is 0.224 e. The van der Waals surface area contributed by atoms with Crippen molar-refractivity contribution < 1.29 is 14.3 Å². The van der Waals surface area contributed by atoms with Gasteiger partial charge in [0.2, 0.25) is 5.91 Å². The molecule has 2 heterocycles. The molecule has 1 amide bonds. The number of ether oxygens (including phenoxy) is 2. The van der Waals surface area contributed by atoms with Crippen LogP contribution in [0.15, 0.2) is 54.9 Å². The van der Waals surface area contributed by atoms with Crippen LogP contribution in [-0.4, -0.2) is 47.8 Å². The van der Waals surface area contributed by atoms with Crippen LogP contribution in [0.3, 0.4) is 0 Å². The van der Waals surface area contributed by atoms with E-state index >= 15 is 0 Å². The molecule has 0 unspecified atom stereocenters. The number of nitrogens with zero attached hydrogens (tertiary/aromatic N) is 2. The van der Waals surface area contributed by atoms with Crippen molar-refractivity contribution in [3.05, 3.63) is 54.9 Å². The van der Waals surface area contributed by atoms with Crippen LogP contribution in [-0.2, 0) is 9.53 Å². The van der Waals surface area contributed by atoms with Gasteiger partial charge in [0.15, 0.2) is 0 Å². The molecule has 0 bridgehead atoms. The Hall–Kier alpha value is -2.27. The van der Waals surface area contributed by atoms with Gasteiger partial charge in [-0.1, -0.05) is 18.2 Å². The number of rotatable bonds is 9. The smallest absolute Gasteiger partial charge is 0.224 e. The van der Waals surface area contributed by atoms with E-state index in [1.54, 1.807) is 0 Å². The fourth-order valence-corrected chi connectivity index (χ4v) is 2.89. The summed E-state index contributed by atoms with van der Waals surface area (Å²) in [5, 5.41) is 0. The number of para-hydroxylation sites is 1. The third-order valence-corrected chi connectivity index (χ3v) is 4.46. The minimum absolute atomic E-state index is 0.169. The molecule has 1 saturated heterocycles. The maximum atomic E-state index is 12.2. The second kappa shape index (κ2) is 8.72. The van der Waals surface area contributed by atoms with Gasteiger partial charge in [0.05, 0.1) is 19.3 Å². The monoisotopic (exact) mass is 342 g/mol. The van der Waals surface area contributed by atoms with Gasteiger partial charge in [-0.25, -0.2) is 0 Å². The number of hydrogen-bond acceptors (Lipinski definition) is 3. The molecule has 1 aliphatic heterocycles. The zero-order valence-electron chi connectivity index (χ0n) is 14.7. The predicted octanol–water partition coefficient (Wildman–Crippen LogP) is 3.14. The van der Waals surface area contributed by atoms with Crippen LogP contribution in [0.2, 0.25) is 0 Å². The Morgan fingerprint density at radius 2 is 1.84 bits per heavy atom. The first-order valence-corrected chi connectivity index (χ1v) is 8.92. The quantitative estimate of drug-likeness (QED) is 0.658. The third kappa shape index (κ3) is 5.10. The second-order valence-electron chi connectivity index (χ2n) is 6.49. The van der Waals surface area contributed by atoms with Gasteiger partial charge in [-0.15, -0.1) is 0 Å². The highest BCUT2D eigenvalue weighted by Crippen LogP contribution is 2.18. The Bertz CT molecular complexity index is 636. The highest BCUT2D eigenvalue weighted by atomic mass is 16.5. The first kappa shape index (κ1) is 17.5. The summed E-state index contributed by atoms with van der Waals surface area (Å²) in [6, 6.07) is 13.9. The van der Waals surface area contributed by atoms with Crippen molar-refractivity contribution in [2.24, 2.45) is 0 Å². The molecule has 1 aliphatic rings. The lowest BCUT2D eigenvalue weighted by Crippen LogP contribution is -2.55. The van der Waals surface area contributed by atoms with E-state index in [2.05, 4.69) is 11.5 Å². The van der Waals surface area contributed by atoms with Crippen LogP contribution in [0.25, 0.3) is 0 Å². The van der Waals surface area contributed by atoms with Crippen molar-refractivity contribution in [3.63, 3.8) is 0 Å². The van der Waals surface area contributed by atoms with Gasteiger partial charge >= 0.3 is 0 Å². The van der Waals surface area contributed by atoms with Crippen molar-refractivity contribution in [1.29, 1.82) is 0 Å². The van der Waals surface area contributed by atoms with Crippen LogP contribution in [0.1, 0.15) is 25.8 Å². The van der Waals surface area contributed by atoms with Crippen LogP contribution in [0.4, 0.5) is 0 Å². The molecule has 25 heavy (non-hydrogen) atoms. The lowest BCUT2D eigenvalue weighted by atomic mass is 10.1. The summed E-state index contributed by atoms with van der Waals surface area (Å²) in [7, 11) is 0. The lowest BCUT2D eigenvalue weighted by molar-refractivity contribution is -0.145. The van der Waals surface area contributed by atoms with Gasteiger partial charge in [0, 0.05) is 44.4 Å². The number of hydrogen-bond donors (Lipinski definition) is 0. The molecule has 0 spiro atoms. The normalized spacial score (nSPS) is 15.6. The van der Waals surface area contributed by atoms with Crippen molar-refractivity contribution in [2.75, 3.05) is 26.3 Å². The Morgan fingerprint density at radius 3 is 2.56 bits per heavy atom. The largest absolute Gasteiger partial charge is 0.494 e. The molecule has 1 aromatic heterocycles. The SMILES string of the molecule is C[C@H](CC(=O)N1CC(OCCCOc2ccccc2)C1)n1cccc1. The molecule has 0 radical (unpaired) electrons. The molecular formula is C20H26N2O3. The number of carbonyl (C=O) groups is 1. The van der Waals surface area contributed by atoms with E-state index < -0.39 is 0 Å². The van der Waals surface area contributed by atoms with Crippen molar-refractivity contribution in [1.82, 2.24) is 9.47 Å². The van der Waals surface area contributed by atoms with Crippen LogP contribution in [0, 0.1) is 0 Å². The van der Waals surface area contributed by atoms with Crippen LogP contribution in [0.5, 0.6) is 5.75 Å². The summed E-state index contributed by atoms with van der Waals surface area (Å²) in [5.41, 5.74) is 0. The maximum absolute atomic E-state index is 12.2. The highest BCUT2D eigenvalue weighted by Gasteiger charge is 2.31. The van der Waals surface area contributed by atoms with Gasteiger partial charge in [-0.2, -0.15) is 0 Å². The molecule has 0 N–H and O–H groups in total. The average Bonchev–Trinajstić information content (AvgIpc) is 3.11. The minimum atomic E-state index is 0.169. The summed E-state index contributed by atoms with van der Waals surface area (Å²) in [6.45, 7) is 4.79. The fourth-order valence-electron chi connectivity index (χ4n) is 2.89. The van der Waals surface area contributed by atoms with Gasteiger partial charge in [0.25, 0.3) is 0 Å². The van der Waals surface area contributed by atoms with E-state index in [1.807, 2.05) is 59.8 Å². The number of likely N-dealkylation sites (tertiary alicyclic amines) is 1. The fraction of sp³-hybridized carbons (Fsp3) is 0.450. The van der Waals surface area contributed by atoms with Gasteiger partial charge < -0.3 is 18.9 Å². The molecule has 2 aromatic rings. The van der Waals surface area contributed by atoms with E-state index in [4.69, 9.17) is 9.47 Å². The first-order chi connectivity index (χ1) is 12.2. The van der Waals surface area contributed by atoms with Gasteiger partial charge in [0.1, 0.15) is 5.75 Å². The predicted molar refractivity (Wildman–Crippen MR) is 96.6 cm³/mol. The molecule has 134 valence electrons. The topological polar surface area (TPSA) is 43.7 Å². The van der Waals surface area contributed by atoms with Gasteiger partial charge in [-0.3, -0.25) is 4.79 Å². The molecule has 1 atom stereocenters. The molecule has 0 saturated carbocycles. The minimum Gasteiger partial charge on any atom is -0.494 e. The summed E-state index contributed by atoms with van der Waals surface area (Å²) >= 11 is 0. The standard InChI is InChI=1S/C20H26N2O3/c1-17(21-10-5-6-11-21)14-20(23)22-15-19(16-22)25-13-7-12-24-18-8-3-2-4-9-18/h2-6,8-11,17,19H,7,12-16H2,1H3/t17-/m1/s1. The molecule has 5 nitrogen and oxygen atoms in total. The molecule has 1 fully saturated rings.